The Labute approximate surface area is 174 Å². The number of para-hydroxylation sites is 2. The van der Waals surface area contributed by atoms with Gasteiger partial charge in [-0.15, -0.1) is 0 Å². The molecule has 7 nitrogen and oxygen atoms in total. The number of nitrogens with one attached hydrogen (secondary N) is 2. The van der Waals surface area contributed by atoms with Crippen LogP contribution in [0.3, 0.4) is 0 Å². The molecule has 0 amide bonds. The van der Waals surface area contributed by atoms with Crippen LogP contribution in [-0.4, -0.2) is 71.7 Å². The molecule has 2 saturated heterocycles. The van der Waals surface area contributed by atoms with Gasteiger partial charge >= 0.3 is 0 Å². The Morgan fingerprint density at radius 1 is 1.31 bits per heavy atom. The Morgan fingerprint density at radius 3 is 3.00 bits per heavy atom. The smallest absolute Gasteiger partial charge is 0.191 e. The maximum Gasteiger partial charge on any atom is 0.191 e. The van der Waals surface area contributed by atoms with Gasteiger partial charge in [-0.05, 0) is 38.3 Å². The molecule has 0 aromatic heterocycles. The molecule has 0 spiro atoms. The molecule has 3 rings (SSSR count). The molecular weight excluding hydrogens is 368 g/mol. The molecule has 2 heterocycles. The first-order valence-corrected chi connectivity index (χ1v) is 10.9. The standard InChI is InChI=1S/C22H36N4O3/c1-3-23-22(24-11-6-13-28-16-18-10-14-29-17-18)25-19-9-12-26(15-19)20-7-4-5-8-21(20)27-2/h4-5,7-8,18-19H,3,6,9-17H2,1-2H3,(H2,23,24,25). The fourth-order valence-corrected chi connectivity index (χ4v) is 3.82. The highest BCUT2D eigenvalue weighted by Crippen LogP contribution is 2.30. The van der Waals surface area contributed by atoms with E-state index in [9.17, 15) is 0 Å². The molecule has 0 saturated carbocycles. The van der Waals surface area contributed by atoms with Crippen LogP contribution in [0, 0.1) is 5.92 Å². The lowest BCUT2D eigenvalue weighted by molar-refractivity contribution is 0.0893. The van der Waals surface area contributed by atoms with Gasteiger partial charge in [-0.2, -0.15) is 0 Å². The second-order valence-corrected chi connectivity index (χ2v) is 7.67. The molecule has 2 N–H and O–H groups in total. The van der Waals surface area contributed by atoms with Crippen molar-refractivity contribution in [3.63, 3.8) is 0 Å². The highest BCUT2D eigenvalue weighted by Gasteiger charge is 2.25. The van der Waals surface area contributed by atoms with E-state index in [1.54, 1.807) is 7.11 Å². The summed E-state index contributed by atoms with van der Waals surface area (Å²) >= 11 is 0. The summed E-state index contributed by atoms with van der Waals surface area (Å²) in [6, 6.07) is 8.58. The summed E-state index contributed by atoms with van der Waals surface area (Å²) in [5, 5.41) is 6.95. The van der Waals surface area contributed by atoms with Crippen molar-refractivity contribution in [2.75, 3.05) is 64.6 Å². The van der Waals surface area contributed by atoms with E-state index in [0.717, 1.165) is 89.3 Å². The molecule has 2 aliphatic rings. The van der Waals surface area contributed by atoms with Gasteiger partial charge in [0.15, 0.2) is 5.96 Å². The average Bonchev–Trinajstić information content (AvgIpc) is 3.43. The average molecular weight is 405 g/mol. The third-order valence-electron chi connectivity index (χ3n) is 5.39. The largest absolute Gasteiger partial charge is 0.495 e. The van der Waals surface area contributed by atoms with Gasteiger partial charge in [-0.1, -0.05) is 12.1 Å². The maximum absolute atomic E-state index is 5.77. The number of aliphatic imine (C=N–C) groups is 1. The highest BCUT2D eigenvalue weighted by atomic mass is 16.5. The second-order valence-electron chi connectivity index (χ2n) is 7.67. The normalized spacial score (nSPS) is 22.1. The third-order valence-corrected chi connectivity index (χ3v) is 5.39. The zero-order valence-corrected chi connectivity index (χ0v) is 17.9. The Kier molecular flexibility index (Phi) is 8.89. The molecule has 2 aliphatic heterocycles. The number of nitrogens with zero attached hydrogens (tertiary/aromatic N) is 2. The zero-order chi connectivity index (χ0) is 20.3. The summed E-state index contributed by atoms with van der Waals surface area (Å²) in [6.45, 7) is 8.96. The van der Waals surface area contributed by atoms with E-state index >= 15 is 0 Å². The van der Waals surface area contributed by atoms with Gasteiger partial charge < -0.3 is 29.7 Å². The van der Waals surface area contributed by atoms with Crippen LogP contribution < -0.4 is 20.3 Å². The van der Waals surface area contributed by atoms with Crippen molar-refractivity contribution in [2.45, 2.75) is 32.2 Å². The molecule has 1 aromatic rings. The lowest BCUT2D eigenvalue weighted by Gasteiger charge is -2.22. The van der Waals surface area contributed by atoms with Crippen LogP contribution in [0.15, 0.2) is 29.3 Å². The Morgan fingerprint density at radius 2 is 2.21 bits per heavy atom. The number of methoxy groups -OCH3 is 1. The van der Waals surface area contributed by atoms with Gasteiger partial charge in [0, 0.05) is 51.4 Å². The number of anilines is 1. The van der Waals surface area contributed by atoms with Crippen molar-refractivity contribution in [1.82, 2.24) is 10.6 Å². The number of hydrogen-bond donors (Lipinski definition) is 2. The SMILES string of the molecule is CCNC(=NCCCOCC1CCOC1)NC1CCN(c2ccccc2OC)C1. The highest BCUT2D eigenvalue weighted by molar-refractivity contribution is 5.80. The van der Waals surface area contributed by atoms with Crippen LogP contribution in [0.5, 0.6) is 5.75 Å². The minimum atomic E-state index is 0.372. The Balaban J connectivity index is 1.40. The van der Waals surface area contributed by atoms with E-state index in [1.807, 2.05) is 12.1 Å². The number of benzene rings is 1. The van der Waals surface area contributed by atoms with Crippen molar-refractivity contribution in [1.29, 1.82) is 0 Å². The second kappa shape index (κ2) is 11.9. The minimum Gasteiger partial charge on any atom is -0.495 e. The number of hydrogen-bond acceptors (Lipinski definition) is 5. The molecule has 2 fully saturated rings. The van der Waals surface area contributed by atoms with Gasteiger partial charge in [0.05, 0.1) is 26.0 Å². The van der Waals surface area contributed by atoms with Crippen molar-refractivity contribution in [2.24, 2.45) is 10.9 Å². The van der Waals surface area contributed by atoms with Crippen LogP contribution in [0.1, 0.15) is 26.2 Å². The quantitative estimate of drug-likeness (QED) is 0.354. The van der Waals surface area contributed by atoms with Crippen molar-refractivity contribution >= 4 is 11.6 Å². The van der Waals surface area contributed by atoms with E-state index < -0.39 is 0 Å². The fourth-order valence-electron chi connectivity index (χ4n) is 3.82. The van der Waals surface area contributed by atoms with Gasteiger partial charge in [-0.25, -0.2) is 0 Å². The lowest BCUT2D eigenvalue weighted by atomic mass is 10.1. The lowest BCUT2D eigenvalue weighted by Crippen LogP contribution is -2.44. The Bertz CT molecular complexity index is 634. The summed E-state index contributed by atoms with van der Waals surface area (Å²) < 4.78 is 16.7. The van der Waals surface area contributed by atoms with Crippen molar-refractivity contribution in [3.8, 4) is 5.75 Å². The van der Waals surface area contributed by atoms with Crippen LogP contribution in [0.2, 0.25) is 0 Å². The van der Waals surface area contributed by atoms with E-state index in [-0.39, 0.29) is 0 Å². The van der Waals surface area contributed by atoms with E-state index in [4.69, 9.17) is 19.2 Å². The van der Waals surface area contributed by atoms with Crippen LogP contribution in [0.25, 0.3) is 0 Å². The summed E-state index contributed by atoms with van der Waals surface area (Å²) in [5.41, 5.74) is 1.16. The first kappa shape index (κ1) is 21.7. The minimum absolute atomic E-state index is 0.372. The first-order chi connectivity index (χ1) is 14.3. The molecular formula is C22H36N4O3. The van der Waals surface area contributed by atoms with Crippen LogP contribution in [0.4, 0.5) is 5.69 Å². The number of guanidine groups is 1. The molecule has 0 radical (unpaired) electrons. The molecule has 1 aromatic carbocycles. The maximum atomic E-state index is 5.77. The molecule has 2 unspecified atom stereocenters. The molecule has 29 heavy (non-hydrogen) atoms. The topological polar surface area (TPSA) is 67.4 Å². The van der Waals surface area contributed by atoms with Crippen LogP contribution >= 0.6 is 0 Å². The number of ether oxygens (including phenoxy) is 3. The zero-order valence-electron chi connectivity index (χ0n) is 17.9. The van der Waals surface area contributed by atoms with Gasteiger partial charge in [-0.3, -0.25) is 4.99 Å². The third kappa shape index (κ3) is 6.78. The van der Waals surface area contributed by atoms with Crippen LogP contribution in [-0.2, 0) is 9.47 Å². The van der Waals surface area contributed by atoms with E-state index in [1.165, 1.54) is 0 Å². The predicted octanol–water partition coefficient (Wildman–Crippen LogP) is 2.27. The molecule has 2 atom stereocenters. The summed E-state index contributed by atoms with van der Waals surface area (Å²) in [7, 11) is 1.73. The van der Waals surface area contributed by atoms with Crippen molar-refractivity contribution < 1.29 is 14.2 Å². The summed E-state index contributed by atoms with van der Waals surface area (Å²) in [4.78, 5) is 7.10. The Hall–Kier alpha value is -1.99. The summed E-state index contributed by atoms with van der Waals surface area (Å²) in [5.74, 6) is 2.40. The predicted molar refractivity (Wildman–Crippen MR) is 117 cm³/mol. The van der Waals surface area contributed by atoms with Gasteiger partial charge in [0.1, 0.15) is 5.75 Å². The molecule has 7 heteroatoms. The van der Waals surface area contributed by atoms with Gasteiger partial charge in [0.25, 0.3) is 0 Å². The van der Waals surface area contributed by atoms with Gasteiger partial charge in [0.2, 0.25) is 0 Å². The summed E-state index contributed by atoms with van der Waals surface area (Å²) in [6.07, 6.45) is 3.14. The van der Waals surface area contributed by atoms with E-state index in [0.29, 0.717) is 12.0 Å². The molecule has 162 valence electrons. The molecule has 0 bridgehead atoms. The van der Waals surface area contributed by atoms with Crippen molar-refractivity contribution in [3.05, 3.63) is 24.3 Å². The first-order valence-electron chi connectivity index (χ1n) is 10.9. The monoisotopic (exact) mass is 404 g/mol. The number of rotatable bonds is 10. The fraction of sp³-hybridized carbons (Fsp3) is 0.682. The van der Waals surface area contributed by atoms with E-state index in [2.05, 4.69) is 34.6 Å². The molecule has 0 aliphatic carbocycles.